The summed E-state index contributed by atoms with van der Waals surface area (Å²) in [4.78, 5) is 20.4. The lowest BCUT2D eigenvalue weighted by molar-refractivity contribution is -0.385. The van der Waals surface area contributed by atoms with Gasteiger partial charge in [-0.1, -0.05) is 0 Å². The zero-order valence-corrected chi connectivity index (χ0v) is 11.5. The summed E-state index contributed by atoms with van der Waals surface area (Å²) in [5.41, 5.74) is 4.71. The number of nitro groups is 1. The standard InChI is InChI=1S/C10H13N3O6S/c1-5-3-7(13(15)16)4-8(20(12,17)18)9(5)19-6(2)10(11)14/h3-4,6H,1-2H3,(H2,11,14)(H2,12,17,18). The van der Waals surface area contributed by atoms with Crippen LogP contribution in [0.1, 0.15) is 12.5 Å². The van der Waals surface area contributed by atoms with Gasteiger partial charge in [0.15, 0.2) is 6.10 Å². The van der Waals surface area contributed by atoms with Crippen molar-refractivity contribution in [3.63, 3.8) is 0 Å². The van der Waals surface area contributed by atoms with E-state index in [2.05, 4.69) is 0 Å². The van der Waals surface area contributed by atoms with Crippen molar-refractivity contribution in [2.24, 2.45) is 10.9 Å². The molecule has 0 aliphatic rings. The van der Waals surface area contributed by atoms with Crippen LogP contribution in [0.2, 0.25) is 0 Å². The molecule has 0 aliphatic carbocycles. The maximum Gasteiger partial charge on any atom is 0.271 e. The van der Waals surface area contributed by atoms with Gasteiger partial charge < -0.3 is 10.5 Å². The van der Waals surface area contributed by atoms with Crippen LogP contribution in [-0.4, -0.2) is 25.4 Å². The van der Waals surface area contributed by atoms with Crippen LogP contribution < -0.4 is 15.6 Å². The molecule has 0 saturated heterocycles. The molecule has 0 radical (unpaired) electrons. The first kappa shape index (κ1) is 15.9. The van der Waals surface area contributed by atoms with E-state index in [9.17, 15) is 23.3 Å². The molecule has 0 bridgehead atoms. The minimum Gasteiger partial charge on any atom is -0.479 e. The zero-order chi connectivity index (χ0) is 15.7. The summed E-state index contributed by atoms with van der Waals surface area (Å²) in [6, 6.07) is 1.88. The number of nitrogens with zero attached hydrogens (tertiary/aromatic N) is 1. The van der Waals surface area contributed by atoms with Crippen LogP contribution in [0.25, 0.3) is 0 Å². The van der Waals surface area contributed by atoms with Crippen LogP contribution in [0.4, 0.5) is 5.69 Å². The smallest absolute Gasteiger partial charge is 0.271 e. The number of hydrogen-bond donors (Lipinski definition) is 2. The Morgan fingerprint density at radius 2 is 2.00 bits per heavy atom. The topological polar surface area (TPSA) is 156 Å². The number of hydrogen-bond acceptors (Lipinski definition) is 6. The van der Waals surface area contributed by atoms with Crippen molar-refractivity contribution >= 4 is 21.6 Å². The summed E-state index contributed by atoms with van der Waals surface area (Å²) >= 11 is 0. The number of amides is 1. The van der Waals surface area contributed by atoms with Crippen molar-refractivity contribution < 1.29 is 22.9 Å². The van der Waals surface area contributed by atoms with Gasteiger partial charge in [-0.05, 0) is 19.4 Å². The third-order valence-electron chi connectivity index (χ3n) is 2.44. The third-order valence-corrected chi connectivity index (χ3v) is 3.35. The second-order valence-electron chi connectivity index (χ2n) is 4.05. The molecule has 1 unspecified atom stereocenters. The van der Waals surface area contributed by atoms with E-state index in [1.807, 2.05) is 0 Å². The van der Waals surface area contributed by atoms with E-state index in [-0.39, 0.29) is 11.3 Å². The van der Waals surface area contributed by atoms with Crippen LogP contribution >= 0.6 is 0 Å². The number of rotatable bonds is 5. The highest BCUT2D eigenvalue weighted by atomic mass is 32.2. The average Bonchev–Trinajstić information content (AvgIpc) is 2.29. The number of aryl methyl sites for hydroxylation is 1. The van der Waals surface area contributed by atoms with Gasteiger partial charge in [0.1, 0.15) is 10.6 Å². The van der Waals surface area contributed by atoms with Gasteiger partial charge in [-0.15, -0.1) is 0 Å². The molecule has 1 atom stereocenters. The fourth-order valence-corrected chi connectivity index (χ4v) is 2.18. The Balaban J connectivity index is 3.50. The number of primary sulfonamides is 1. The molecule has 9 nitrogen and oxygen atoms in total. The average molecular weight is 303 g/mol. The van der Waals surface area contributed by atoms with Crippen molar-refractivity contribution in [1.29, 1.82) is 0 Å². The minimum absolute atomic E-state index is 0.149. The van der Waals surface area contributed by atoms with Crippen molar-refractivity contribution in [2.75, 3.05) is 0 Å². The molecule has 0 spiro atoms. The van der Waals surface area contributed by atoms with Crippen LogP contribution in [0.15, 0.2) is 17.0 Å². The second-order valence-corrected chi connectivity index (χ2v) is 5.58. The molecule has 4 N–H and O–H groups in total. The van der Waals surface area contributed by atoms with Crippen LogP contribution in [0, 0.1) is 17.0 Å². The number of nitrogens with two attached hydrogens (primary N) is 2. The van der Waals surface area contributed by atoms with Crippen molar-refractivity contribution in [1.82, 2.24) is 0 Å². The quantitative estimate of drug-likeness (QED) is 0.566. The van der Waals surface area contributed by atoms with Gasteiger partial charge >= 0.3 is 0 Å². The van der Waals surface area contributed by atoms with Gasteiger partial charge in [0.25, 0.3) is 11.6 Å². The first-order valence-corrected chi connectivity index (χ1v) is 6.86. The Morgan fingerprint density at radius 3 is 2.40 bits per heavy atom. The number of non-ortho nitro benzene ring substituents is 1. The largest absolute Gasteiger partial charge is 0.479 e. The molecule has 1 rings (SSSR count). The fraction of sp³-hybridized carbons (Fsp3) is 0.300. The summed E-state index contributed by atoms with van der Waals surface area (Å²) < 4.78 is 28.1. The summed E-state index contributed by atoms with van der Waals surface area (Å²) in [6.07, 6.45) is -1.12. The second kappa shape index (κ2) is 5.43. The molecule has 0 saturated carbocycles. The van der Waals surface area contributed by atoms with E-state index in [0.717, 1.165) is 12.1 Å². The molecule has 1 amide bonds. The highest BCUT2D eigenvalue weighted by Gasteiger charge is 2.25. The van der Waals surface area contributed by atoms with Crippen LogP contribution in [0.3, 0.4) is 0 Å². The predicted octanol–water partition coefficient (Wildman–Crippen LogP) is -0.197. The van der Waals surface area contributed by atoms with Crippen molar-refractivity contribution in [3.05, 3.63) is 27.8 Å². The first-order chi connectivity index (χ1) is 9.04. The van der Waals surface area contributed by atoms with Crippen molar-refractivity contribution in [2.45, 2.75) is 24.8 Å². The van der Waals surface area contributed by atoms with E-state index < -0.39 is 37.5 Å². The highest BCUT2D eigenvalue weighted by Crippen LogP contribution is 2.32. The molecule has 10 heteroatoms. The highest BCUT2D eigenvalue weighted by molar-refractivity contribution is 7.89. The van der Waals surface area contributed by atoms with E-state index in [1.165, 1.54) is 13.8 Å². The molecular formula is C10H13N3O6S. The lowest BCUT2D eigenvalue weighted by Crippen LogP contribution is -2.31. The SMILES string of the molecule is Cc1cc([N+](=O)[O-])cc(S(N)(=O)=O)c1OC(C)C(N)=O. The number of nitro benzene ring substituents is 1. The van der Waals surface area contributed by atoms with Crippen molar-refractivity contribution in [3.8, 4) is 5.75 Å². The summed E-state index contributed by atoms with van der Waals surface area (Å²) in [7, 11) is -4.26. The van der Waals surface area contributed by atoms with E-state index in [1.54, 1.807) is 0 Å². The van der Waals surface area contributed by atoms with Gasteiger partial charge in [0.2, 0.25) is 10.0 Å². The number of ether oxygens (including phenoxy) is 1. The van der Waals surface area contributed by atoms with E-state index in [4.69, 9.17) is 15.6 Å². The van der Waals surface area contributed by atoms with Crippen LogP contribution in [-0.2, 0) is 14.8 Å². The normalized spacial score (nSPS) is 12.8. The fourth-order valence-electron chi connectivity index (χ4n) is 1.43. The lowest BCUT2D eigenvalue weighted by atomic mass is 10.2. The Kier molecular flexibility index (Phi) is 4.30. The van der Waals surface area contributed by atoms with E-state index >= 15 is 0 Å². The monoisotopic (exact) mass is 303 g/mol. The molecule has 1 aromatic rings. The Morgan fingerprint density at radius 1 is 1.45 bits per heavy atom. The van der Waals surface area contributed by atoms with Gasteiger partial charge in [-0.3, -0.25) is 14.9 Å². The molecule has 0 heterocycles. The maximum absolute atomic E-state index is 11.5. The van der Waals surface area contributed by atoms with E-state index in [0.29, 0.717) is 0 Å². The Hall–Kier alpha value is -2.20. The predicted molar refractivity (Wildman–Crippen MR) is 68.5 cm³/mol. The van der Waals surface area contributed by atoms with Gasteiger partial charge in [-0.25, -0.2) is 13.6 Å². The molecule has 110 valence electrons. The molecule has 20 heavy (non-hydrogen) atoms. The Labute approximate surface area is 114 Å². The zero-order valence-electron chi connectivity index (χ0n) is 10.7. The first-order valence-electron chi connectivity index (χ1n) is 5.32. The summed E-state index contributed by atoms with van der Waals surface area (Å²) in [6.45, 7) is 2.71. The molecule has 0 aliphatic heterocycles. The molecule has 0 fully saturated rings. The number of benzene rings is 1. The van der Waals surface area contributed by atoms with Gasteiger partial charge in [0.05, 0.1) is 4.92 Å². The molecule has 0 aromatic heterocycles. The van der Waals surface area contributed by atoms with Gasteiger partial charge in [-0.2, -0.15) is 0 Å². The Bertz CT molecular complexity index is 670. The third kappa shape index (κ3) is 3.42. The van der Waals surface area contributed by atoms with Crippen LogP contribution in [0.5, 0.6) is 5.75 Å². The maximum atomic E-state index is 11.5. The number of carbonyl (C=O) groups excluding carboxylic acids is 1. The molecule has 1 aromatic carbocycles. The summed E-state index contributed by atoms with van der Waals surface area (Å²) in [5.74, 6) is -1.05. The number of sulfonamides is 1. The summed E-state index contributed by atoms with van der Waals surface area (Å²) in [5, 5.41) is 15.7. The van der Waals surface area contributed by atoms with Gasteiger partial charge in [0, 0.05) is 12.1 Å². The lowest BCUT2D eigenvalue weighted by Gasteiger charge is -2.16. The number of carbonyl (C=O) groups is 1. The molecular weight excluding hydrogens is 290 g/mol. The number of primary amides is 1. The minimum atomic E-state index is -4.26.